The fraction of sp³-hybridized carbons (Fsp3) is 0. The highest BCUT2D eigenvalue weighted by Crippen LogP contribution is 2.31. The first-order valence-corrected chi connectivity index (χ1v) is 8.36. The van der Waals surface area contributed by atoms with E-state index in [0.717, 1.165) is 14.7 Å². The first kappa shape index (κ1) is 16.2. The van der Waals surface area contributed by atoms with E-state index in [0.29, 0.717) is 0 Å². The van der Waals surface area contributed by atoms with Crippen molar-refractivity contribution in [3.63, 3.8) is 0 Å². The third-order valence-electron chi connectivity index (χ3n) is 3.44. The average molecular weight is 343 g/mol. The number of rotatable bonds is 4. The van der Waals surface area contributed by atoms with Gasteiger partial charge in [-0.05, 0) is 72.8 Å². The molecule has 1 N–H and O–H groups in total. The minimum atomic E-state index is -0.995. The van der Waals surface area contributed by atoms with Crippen LogP contribution in [0.15, 0.2) is 87.5 Å². The summed E-state index contributed by atoms with van der Waals surface area (Å²) in [6, 6.07) is 18.8. The SMILES string of the molecule is O=C(O)c1ccc([S+](c2ccc(F)cc2)c2ccc(F)cc2)cc1. The van der Waals surface area contributed by atoms with Crippen LogP contribution >= 0.6 is 0 Å². The Labute approximate surface area is 140 Å². The molecule has 3 rings (SSSR count). The Morgan fingerprint density at radius 3 is 1.33 bits per heavy atom. The highest BCUT2D eigenvalue weighted by atomic mass is 32.2. The summed E-state index contributed by atoms with van der Waals surface area (Å²) < 4.78 is 26.5. The molecule has 0 fully saturated rings. The maximum absolute atomic E-state index is 13.2. The van der Waals surface area contributed by atoms with Crippen molar-refractivity contribution in [2.24, 2.45) is 0 Å². The smallest absolute Gasteiger partial charge is 0.335 e. The minimum Gasteiger partial charge on any atom is -0.478 e. The van der Waals surface area contributed by atoms with Crippen LogP contribution in [0.1, 0.15) is 10.4 Å². The van der Waals surface area contributed by atoms with Crippen LogP contribution in [0.2, 0.25) is 0 Å². The molecule has 0 aliphatic carbocycles. The minimum absolute atomic E-state index is 0.195. The topological polar surface area (TPSA) is 37.3 Å². The van der Waals surface area contributed by atoms with Gasteiger partial charge < -0.3 is 5.11 Å². The molecule has 0 saturated heterocycles. The highest BCUT2D eigenvalue weighted by Gasteiger charge is 2.29. The number of aromatic carboxylic acids is 1. The van der Waals surface area contributed by atoms with Gasteiger partial charge in [0.25, 0.3) is 0 Å². The molecule has 120 valence electrons. The van der Waals surface area contributed by atoms with E-state index in [-0.39, 0.29) is 17.2 Å². The summed E-state index contributed by atoms with van der Waals surface area (Å²) in [6.07, 6.45) is 0. The summed E-state index contributed by atoms with van der Waals surface area (Å²) in [5, 5.41) is 9.03. The summed E-state index contributed by atoms with van der Waals surface area (Å²) in [4.78, 5) is 13.6. The van der Waals surface area contributed by atoms with Crippen LogP contribution in [0.4, 0.5) is 8.78 Å². The Kier molecular flexibility index (Phi) is 4.62. The third kappa shape index (κ3) is 3.46. The molecule has 0 heterocycles. The summed E-state index contributed by atoms with van der Waals surface area (Å²) in [7, 11) is -0.579. The second-order valence-electron chi connectivity index (χ2n) is 5.04. The molecule has 0 aromatic heterocycles. The van der Waals surface area contributed by atoms with Gasteiger partial charge in [0, 0.05) is 0 Å². The highest BCUT2D eigenvalue weighted by molar-refractivity contribution is 7.97. The average Bonchev–Trinajstić information content (AvgIpc) is 2.59. The zero-order valence-corrected chi connectivity index (χ0v) is 13.3. The normalized spacial score (nSPS) is 10.8. The largest absolute Gasteiger partial charge is 0.478 e. The van der Waals surface area contributed by atoms with Crippen LogP contribution in [0.5, 0.6) is 0 Å². The predicted octanol–water partition coefficient (Wildman–Crippen LogP) is 4.76. The number of carboxylic acid groups (broad SMARTS) is 1. The van der Waals surface area contributed by atoms with Gasteiger partial charge in [-0.15, -0.1) is 0 Å². The van der Waals surface area contributed by atoms with Gasteiger partial charge in [-0.3, -0.25) is 0 Å². The molecule has 0 bridgehead atoms. The molecule has 5 heteroatoms. The molecule has 0 saturated carbocycles. The standard InChI is InChI=1S/C19H12F2O2S/c20-14-3-9-17(10-4-14)24(18-11-5-15(21)6-12-18)16-7-1-13(2-8-16)19(22)23/h1-12H/p+1. The predicted molar refractivity (Wildman–Crippen MR) is 88.4 cm³/mol. The maximum atomic E-state index is 13.2. The number of carboxylic acids is 1. The Hall–Kier alpha value is -2.66. The van der Waals surface area contributed by atoms with E-state index in [2.05, 4.69) is 0 Å². The lowest BCUT2D eigenvalue weighted by molar-refractivity contribution is 0.0697. The number of carbonyl (C=O) groups is 1. The van der Waals surface area contributed by atoms with E-state index in [1.165, 1.54) is 36.4 Å². The summed E-state index contributed by atoms with van der Waals surface area (Å²) in [5.41, 5.74) is 0.195. The fourth-order valence-electron chi connectivity index (χ4n) is 2.28. The first-order chi connectivity index (χ1) is 11.5. The zero-order valence-electron chi connectivity index (χ0n) is 12.4. The molecule has 3 aromatic carbocycles. The molecule has 0 aliphatic rings. The third-order valence-corrected chi connectivity index (χ3v) is 5.67. The van der Waals surface area contributed by atoms with Gasteiger partial charge in [0.15, 0.2) is 14.7 Å². The van der Waals surface area contributed by atoms with Crippen molar-refractivity contribution in [3.05, 3.63) is 90.0 Å². The lowest BCUT2D eigenvalue weighted by Crippen LogP contribution is -2.06. The Bertz CT molecular complexity index is 799. The number of hydrogen-bond donors (Lipinski definition) is 1. The molecule has 0 unspecified atom stereocenters. The van der Waals surface area contributed by atoms with Gasteiger partial charge in [0.2, 0.25) is 0 Å². The van der Waals surface area contributed by atoms with E-state index >= 15 is 0 Å². The molecular weight excluding hydrogens is 330 g/mol. The molecule has 24 heavy (non-hydrogen) atoms. The van der Waals surface area contributed by atoms with Crippen molar-refractivity contribution in [1.29, 1.82) is 0 Å². The van der Waals surface area contributed by atoms with Crippen molar-refractivity contribution in [2.75, 3.05) is 0 Å². The van der Waals surface area contributed by atoms with Crippen LogP contribution in [0.3, 0.4) is 0 Å². The second-order valence-corrected chi connectivity index (χ2v) is 7.07. The van der Waals surface area contributed by atoms with Gasteiger partial charge in [-0.2, -0.15) is 0 Å². The fourth-order valence-corrected chi connectivity index (χ4v) is 4.32. The monoisotopic (exact) mass is 343 g/mol. The van der Waals surface area contributed by atoms with Crippen molar-refractivity contribution in [2.45, 2.75) is 14.7 Å². The van der Waals surface area contributed by atoms with E-state index in [1.807, 2.05) is 0 Å². The van der Waals surface area contributed by atoms with Gasteiger partial charge in [-0.25, -0.2) is 13.6 Å². The van der Waals surface area contributed by atoms with Gasteiger partial charge in [0.05, 0.1) is 16.5 Å². The lowest BCUT2D eigenvalue weighted by Gasteiger charge is -2.08. The van der Waals surface area contributed by atoms with E-state index in [1.54, 1.807) is 36.4 Å². The zero-order chi connectivity index (χ0) is 17.1. The van der Waals surface area contributed by atoms with E-state index in [9.17, 15) is 13.6 Å². The molecule has 0 radical (unpaired) electrons. The van der Waals surface area contributed by atoms with Gasteiger partial charge >= 0.3 is 5.97 Å². The van der Waals surface area contributed by atoms with Crippen LogP contribution < -0.4 is 0 Å². The van der Waals surface area contributed by atoms with Crippen LogP contribution in [-0.4, -0.2) is 11.1 Å². The molecular formula is C19H13F2O2S+. The van der Waals surface area contributed by atoms with Crippen molar-refractivity contribution < 1.29 is 18.7 Å². The summed E-state index contributed by atoms with van der Waals surface area (Å²) in [6.45, 7) is 0. The van der Waals surface area contributed by atoms with Crippen molar-refractivity contribution in [3.8, 4) is 0 Å². The lowest BCUT2D eigenvalue weighted by atomic mass is 10.2. The Balaban J connectivity index is 2.08. The summed E-state index contributed by atoms with van der Waals surface area (Å²) in [5.74, 6) is -1.66. The number of hydrogen-bond acceptors (Lipinski definition) is 1. The Morgan fingerprint density at radius 1 is 0.667 bits per heavy atom. The van der Waals surface area contributed by atoms with E-state index in [4.69, 9.17) is 5.11 Å². The number of halogens is 2. The molecule has 0 aliphatic heterocycles. The van der Waals surface area contributed by atoms with Crippen LogP contribution in [-0.2, 0) is 10.9 Å². The van der Waals surface area contributed by atoms with Crippen LogP contribution in [0, 0.1) is 11.6 Å². The molecule has 2 nitrogen and oxygen atoms in total. The molecule has 3 aromatic rings. The summed E-state index contributed by atoms with van der Waals surface area (Å²) >= 11 is 0. The Morgan fingerprint density at radius 2 is 1.00 bits per heavy atom. The number of benzene rings is 3. The molecule has 0 spiro atoms. The van der Waals surface area contributed by atoms with Gasteiger partial charge in [0.1, 0.15) is 11.6 Å². The molecule has 0 atom stereocenters. The van der Waals surface area contributed by atoms with Crippen LogP contribution in [0.25, 0.3) is 0 Å². The van der Waals surface area contributed by atoms with Gasteiger partial charge in [-0.1, -0.05) is 0 Å². The second kappa shape index (κ2) is 6.84. The quantitative estimate of drug-likeness (QED) is 0.694. The van der Waals surface area contributed by atoms with Crippen molar-refractivity contribution >= 4 is 16.9 Å². The van der Waals surface area contributed by atoms with E-state index < -0.39 is 16.9 Å². The maximum Gasteiger partial charge on any atom is 0.335 e. The first-order valence-electron chi connectivity index (χ1n) is 7.13. The molecule has 0 amide bonds. The van der Waals surface area contributed by atoms with Crippen molar-refractivity contribution in [1.82, 2.24) is 0 Å².